The second-order valence-electron chi connectivity index (χ2n) is 7.49. The number of rotatable bonds is 3. The van der Waals surface area contributed by atoms with Crippen molar-refractivity contribution in [3.8, 4) is 0 Å². The summed E-state index contributed by atoms with van der Waals surface area (Å²) in [4.78, 5) is 5.19. The minimum Gasteiger partial charge on any atom is -0.355 e. The van der Waals surface area contributed by atoms with E-state index in [1.165, 1.54) is 58.3 Å². The molecule has 1 spiro atoms. The summed E-state index contributed by atoms with van der Waals surface area (Å²) in [6, 6.07) is 4.22. The zero-order valence-corrected chi connectivity index (χ0v) is 13.1. The summed E-state index contributed by atoms with van der Waals surface area (Å²) >= 11 is 0. The van der Waals surface area contributed by atoms with Crippen LogP contribution in [0, 0.1) is 18.3 Å². The Hall–Kier alpha value is -1.16. The number of anilines is 1. The lowest BCUT2D eigenvalue weighted by Crippen LogP contribution is -2.45. The molecule has 3 aliphatic rings. The van der Waals surface area contributed by atoms with Crippen molar-refractivity contribution in [2.45, 2.75) is 39.0 Å². The Kier molecular flexibility index (Phi) is 3.37. The summed E-state index contributed by atoms with van der Waals surface area (Å²) in [6.45, 7) is 8.28. The lowest BCUT2D eigenvalue weighted by atomic mass is 9.79. The van der Waals surface area contributed by atoms with Gasteiger partial charge in [-0.25, -0.2) is 0 Å². The summed E-state index contributed by atoms with van der Waals surface area (Å²) in [5.41, 5.74) is 1.52. The van der Waals surface area contributed by atoms with Crippen LogP contribution in [0.5, 0.6) is 0 Å². The third-order valence-electron chi connectivity index (χ3n) is 5.50. The third-order valence-corrected chi connectivity index (χ3v) is 5.50. The fourth-order valence-electron chi connectivity index (χ4n) is 4.15. The van der Waals surface area contributed by atoms with Crippen molar-refractivity contribution < 1.29 is 0 Å². The van der Waals surface area contributed by atoms with E-state index in [2.05, 4.69) is 32.1 Å². The molecule has 2 saturated heterocycles. The van der Waals surface area contributed by atoms with Crippen molar-refractivity contribution in [3.63, 3.8) is 0 Å². The second kappa shape index (κ2) is 5.24. The van der Waals surface area contributed by atoms with E-state index in [4.69, 9.17) is 0 Å². The molecule has 4 heteroatoms. The quantitative estimate of drug-likeness (QED) is 0.854. The number of nitrogens with zero attached hydrogens (tertiary/aromatic N) is 4. The number of hydrogen-bond donors (Lipinski definition) is 0. The lowest BCUT2D eigenvalue weighted by molar-refractivity contribution is 0.216. The van der Waals surface area contributed by atoms with Crippen LogP contribution in [-0.2, 0) is 0 Å². The van der Waals surface area contributed by atoms with Gasteiger partial charge in [-0.3, -0.25) is 0 Å². The molecule has 0 aromatic carbocycles. The normalized spacial score (nSPS) is 30.2. The van der Waals surface area contributed by atoms with Crippen LogP contribution in [0.25, 0.3) is 0 Å². The van der Waals surface area contributed by atoms with Gasteiger partial charge in [-0.1, -0.05) is 0 Å². The van der Waals surface area contributed by atoms with Gasteiger partial charge in [0, 0.05) is 31.6 Å². The van der Waals surface area contributed by atoms with Crippen LogP contribution in [0.2, 0.25) is 0 Å². The zero-order chi connectivity index (χ0) is 14.3. The highest BCUT2D eigenvalue weighted by Crippen LogP contribution is 2.41. The van der Waals surface area contributed by atoms with Gasteiger partial charge in [-0.2, -0.15) is 5.10 Å². The van der Waals surface area contributed by atoms with E-state index in [9.17, 15) is 0 Å². The van der Waals surface area contributed by atoms with Gasteiger partial charge in [-0.05, 0) is 63.6 Å². The summed E-state index contributed by atoms with van der Waals surface area (Å²) in [5, 5.41) is 8.63. The second-order valence-corrected chi connectivity index (χ2v) is 7.49. The molecular weight excluding hydrogens is 260 g/mol. The Balaban J connectivity index is 1.43. The molecule has 21 heavy (non-hydrogen) atoms. The SMILES string of the molecule is Cc1ccc(N2CCCC3(CCN(CC4CC4)C3)C2)nn1. The van der Waals surface area contributed by atoms with E-state index in [0.717, 1.165) is 24.0 Å². The molecule has 1 atom stereocenters. The van der Waals surface area contributed by atoms with Gasteiger partial charge in [0.15, 0.2) is 5.82 Å². The van der Waals surface area contributed by atoms with Gasteiger partial charge in [0.25, 0.3) is 0 Å². The highest BCUT2D eigenvalue weighted by atomic mass is 15.3. The zero-order valence-electron chi connectivity index (χ0n) is 13.1. The summed E-state index contributed by atoms with van der Waals surface area (Å²) in [6.07, 6.45) is 7.00. The number of piperidine rings is 1. The molecule has 1 aliphatic carbocycles. The molecule has 4 nitrogen and oxygen atoms in total. The van der Waals surface area contributed by atoms with E-state index in [0.29, 0.717) is 5.41 Å². The maximum atomic E-state index is 4.40. The number of aryl methyl sites for hydroxylation is 1. The van der Waals surface area contributed by atoms with Crippen molar-refractivity contribution in [2.75, 3.05) is 37.6 Å². The Morgan fingerprint density at radius 2 is 2.05 bits per heavy atom. The molecule has 4 rings (SSSR count). The molecule has 3 fully saturated rings. The predicted octanol–water partition coefficient (Wildman–Crippen LogP) is 2.49. The van der Waals surface area contributed by atoms with E-state index in [1.807, 2.05) is 6.92 Å². The summed E-state index contributed by atoms with van der Waals surface area (Å²) in [7, 11) is 0. The molecule has 0 radical (unpaired) electrons. The maximum Gasteiger partial charge on any atom is 0.151 e. The largest absolute Gasteiger partial charge is 0.355 e. The third kappa shape index (κ3) is 2.91. The van der Waals surface area contributed by atoms with Crippen LogP contribution in [-0.4, -0.2) is 47.8 Å². The molecule has 3 heterocycles. The van der Waals surface area contributed by atoms with Gasteiger partial charge in [0.1, 0.15) is 0 Å². The van der Waals surface area contributed by atoms with Crippen LogP contribution in [0.1, 0.15) is 37.8 Å². The first-order valence-electron chi connectivity index (χ1n) is 8.50. The first-order valence-corrected chi connectivity index (χ1v) is 8.50. The molecule has 0 amide bonds. The van der Waals surface area contributed by atoms with E-state index >= 15 is 0 Å². The molecule has 1 unspecified atom stereocenters. The Bertz CT molecular complexity index is 496. The average Bonchev–Trinajstić information content (AvgIpc) is 3.22. The van der Waals surface area contributed by atoms with Crippen molar-refractivity contribution in [1.29, 1.82) is 0 Å². The van der Waals surface area contributed by atoms with Crippen LogP contribution in [0.3, 0.4) is 0 Å². The van der Waals surface area contributed by atoms with Gasteiger partial charge in [0.05, 0.1) is 5.69 Å². The van der Waals surface area contributed by atoms with Crippen molar-refractivity contribution in [2.24, 2.45) is 11.3 Å². The number of aromatic nitrogens is 2. The molecule has 1 aromatic heterocycles. The molecule has 114 valence electrons. The molecule has 1 aromatic rings. The van der Waals surface area contributed by atoms with E-state index < -0.39 is 0 Å². The summed E-state index contributed by atoms with van der Waals surface area (Å²) in [5.74, 6) is 2.09. The lowest BCUT2D eigenvalue weighted by Gasteiger charge is -2.41. The Morgan fingerprint density at radius 3 is 2.81 bits per heavy atom. The Morgan fingerprint density at radius 1 is 1.14 bits per heavy atom. The van der Waals surface area contributed by atoms with Gasteiger partial charge < -0.3 is 9.80 Å². The topological polar surface area (TPSA) is 32.3 Å². The molecule has 2 aliphatic heterocycles. The van der Waals surface area contributed by atoms with Crippen molar-refractivity contribution in [1.82, 2.24) is 15.1 Å². The van der Waals surface area contributed by atoms with Crippen molar-refractivity contribution >= 4 is 5.82 Å². The Labute approximate surface area is 127 Å². The highest BCUT2D eigenvalue weighted by molar-refractivity contribution is 5.38. The fourth-order valence-corrected chi connectivity index (χ4v) is 4.15. The first kappa shape index (κ1) is 13.5. The van der Waals surface area contributed by atoms with E-state index in [-0.39, 0.29) is 0 Å². The highest BCUT2D eigenvalue weighted by Gasteiger charge is 2.42. The van der Waals surface area contributed by atoms with Crippen LogP contribution >= 0.6 is 0 Å². The smallest absolute Gasteiger partial charge is 0.151 e. The van der Waals surface area contributed by atoms with Crippen LogP contribution in [0.15, 0.2) is 12.1 Å². The maximum absolute atomic E-state index is 4.40. The first-order chi connectivity index (χ1) is 10.2. The van der Waals surface area contributed by atoms with E-state index in [1.54, 1.807) is 0 Å². The standard InChI is InChI=1S/C17H26N4/c1-14-3-6-16(19-18-14)21-9-2-7-17(13-21)8-10-20(12-17)11-15-4-5-15/h3,6,15H,2,4-5,7-13H2,1H3. The molecule has 0 bridgehead atoms. The fraction of sp³-hybridized carbons (Fsp3) is 0.765. The van der Waals surface area contributed by atoms with Crippen LogP contribution in [0.4, 0.5) is 5.82 Å². The predicted molar refractivity (Wildman–Crippen MR) is 84.4 cm³/mol. The van der Waals surface area contributed by atoms with Gasteiger partial charge in [0.2, 0.25) is 0 Å². The van der Waals surface area contributed by atoms with Gasteiger partial charge >= 0.3 is 0 Å². The number of likely N-dealkylation sites (tertiary alicyclic amines) is 1. The average molecular weight is 286 g/mol. The molecule has 0 N–H and O–H groups in total. The summed E-state index contributed by atoms with van der Waals surface area (Å²) < 4.78 is 0. The monoisotopic (exact) mass is 286 g/mol. The molecular formula is C17H26N4. The van der Waals surface area contributed by atoms with Crippen LogP contribution < -0.4 is 4.90 Å². The molecule has 1 saturated carbocycles. The van der Waals surface area contributed by atoms with Gasteiger partial charge in [-0.15, -0.1) is 5.10 Å². The minimum atomic E-state index is 0.514. The number of hydrogen-bond acceptors (Lipinski definition) is 4. The minimum absolute atomic E-state index is 0.514. The van der Waals surface area contributed by atoms with Crippen molar-refractivity contribution in [3.05, 3.63) is 17.8 Å².